The fraction of sp³-hybridized carbons (Fsp3) is 0.500. The van der Waals surface area contributed by atoms with Gasteiger partial charge in [-0.3, -0.25) is 9.59 Å². The van der Waals surface area contributed by atoms with E-state index in [0.717, 1.165) is 19.1 Å². The molecule has 0 bridgehead atoms. The van der Waals surface area contributed by atoms with Gasteiger partial charge in [0.05, 0.1) is 13.7 Å². The lowest BCUT2D eigenvalue weighted by Crippen LogP contribution is -2.45. The van der Waals surface area contributed by atoms with Gasteiger partial charge < -0.3 is 14.6 Å². The first-order valence-electron chi connectivity index (χ1n) is 7.19. The van der Waals surface area contributed by atoms with Crippen LogP contribution in [-0.2, 0) is 19.9 Å². The van der Waals surface area contributed by atoms with Crippen molar-refractivity contribution in [1.82, 2.24) is 0 Å². The van der Waals surface area contributed by atoms with Crippen LogP contribution in [0.4, 0.5) is 13.2 Å². The minimum absolute atomic E-state index is 0.00152. The highest BCUT2D eigenvalue weighted by Gasteiger charge is 2.56. The molecule has 8 heteroatoms. The van der Waals surface area contributed by atoms with Crippen LogP contribution < -0.4 is 4.74 Å². The van der Waals surface area contributed by atoms with E-state index in [1.54, 1.807) is 0 Å². The summed E-state index contributed by atoms with van der Waals surface area (Å²) < 4.78 is 49.7. The maximum absolute atomic E-state index is 13.4. The molecule has 1 aromatic rings. The van der Waals surface area contributed by atoms with Crippen molar-refractivity contribution in [2.24, 2.45) is 5.92 Å². The third-order valence-corrected chi connectivity index (χ3v) is 3.59. The highest BCUT2D eigenvalue weighted by atomic mass is 19.4. The lowest BCUT2D eigenvalue weighted by atomic mass is 9.85. The molecule has 5 nitrogen and oxygen atoms in total. The topological polar surface area (TPSA) is 72.8 Å². The number of hydrogen-bond acceptors (Lipinski definition) is 5. The molecule has 24 heavy (non-hydrogen) atoms. The summed E-state index contributed by atoms with van der Waals surface area (Å²) in [7, 11) is 1.34. The van der Waals surface area contributed by atoms with Crippen LogP contribution in [0.1, 0.15) is 25.8 Å². The highest BCUT2D eigenvalue weighted by Crippen LogP contribution is 2.42. The first-order chi connectivity index (χ1) is 11.1. The second-order valence-corrected chi connectivity index (χ2v) is 5.20. The summed E-state index contributed by atoms with van der Waals surface area (Å²) in [5, 5.41) is 10.2. The van der Waals surface area contributed by atoms with Crippen LogP contribution in [0.2, 0.25) is 0 Å². The Hall–Kier alpha value is -2.09. The molecule has 1 N–H and O–H groups in total. The zero-order valence-electron chi connectivity index (χ0n) is 13.5. The van der Waals surface area contributed by atoms with Crippen molar-refractivity contribution >= 4 is 11.8 Å². The fourth-order valence-corrected chi connectivity index (χ4v) is 2.04. The molecular formula is C16H19F3O5. The second kappa shape index (κ2) is 7.65. The molecule has 1 rings (SSSR count). The van der Waals surface area contributed by atoms with Gasteiger partial charge in [0.2, 0.25) is 0 Å². The Bertz CT molecular complexity index is 582. The monoisotopic (exact) mass is 348 g/mol. The van der Waals surface area contributed by atoms with Crippen LogP contribution in [0.15, 0.2) is 24.3 Å². The van der Waals surface area contributed by atoms with Gasteiger partial charge in [-0.25, -0.2) is 0 Å². The number of rotatable bonds is 7. The molecule has 0 fully saturated rings. The smallest absolute Gasteiger partial charge is 0.421 e. The molecule has 0 aliphatic rings. The van der Waals surface area contributed by atoms with Crippen molar-refractivity contribution in [1.29, 1.82) is 0 Å². The summed E-state index contributed by atoms with van der Waals surface area (Å²) in [4.78, 5) is 23.6. The van der Waals surface area contributed by atoms with Crippen LogP contribution in [-0.4, -0.2) is 36.8 Å². The molecule has 0 radical (unpaired) electrons. The SMILES string of the molecule is CCOC(=O)[C@@H](C)C(=O)CC(O)(c1ccc(OC)cc1)C(F)(F)F. The molecule has 0 heterocycles. The predicted molar refractivity (Wildman–Crippen MR) is 78.4 cm³/mol. The number of methoxy groups -OCH3 is 1. The summed E-state index contributed by atoms with van der Waals surface area (Å²) in [5.74, 6) is -3.10. The van der Waals surface area contributed by atoms with Crippen molar-refractivity contribution in [2.45, 2.75) is 32.0 Å². The van der Waals surface area contributed by atoms with E-state index in [4.69, 9.17) is 4.74 Å². The van der Waals surface area contributed by atoms with Crippen LogP contribution >= 0.6 is 0 Å². The van der Waals surface area contributed by atoms with Gasteiger partial charge in [0.1, 0.15) is 17.5 Å². The van der Waals surface area contributed by atoms with E-state index in [0.29, 0.717) is 5.75 Å². The van der Waals surface area contributed by atoms with E-state index in [-0.39, 0.29) is 6.61 Å². The number of hydrogen-bond donors (Lipinski definition) is 1. The molecule has 0 saturated heterocycles. The Morgan fingerprint density at radius 3 is 2.17 bits per heavy atom. The quantitative estimate of drug-likeness (QED) is 0.606. The van der Waals surface area contributed by atoms with Crippen molar-refractivity contribution in [3.05, 3.63) is 29.8 Å². The third kappa shape index (κ3) is 4.25. The zero-order valence-corrected chi connectivity index (χ0v) is 13.5. The van der Waals surface area contributed by atoms with E-state index in [1.807, 2.05) is 0 Å². The lowest BCUT2D eigenvalue weighted by Gasteiger charge is -2.31. The Morgan fingerprint density at radius 2 is 1.75 bits per heavy atom. The molecule has 0 aliphatic carbocycles. The molecule has 0 spiro atoms. The number of Topliss-reactive ketones (excluding diaryl/α,β-unsaturated/α-hetero) is 1. The number of aliphatic hydroxyl groups is 1. The van der Waals surface area contributed by atoms with Crippen LogP contribution in [0.25, 0.3) is 0 Å². The number of ether oxygens (including phenoxy) is 2. The summed E-state index contributed by atoms with van der Waals surface area (Å²) in [6.45, 7) is 2.65. The Kier molecular flexibility index (Phi) is 6.36. The average molecular weight is 348 g/mol. The number of benzene rings is 1. The second-order valence-electron chi connectivity index (χ2n) is 5.20. The van der Waals surface area contributed by atoms with E-state index in [1.165, 1.54) is 26.2 Å². The Labute approximate surface area is 137 Å². The number of carbonyl (C=O) groups is 2. The van der Waals surface area contributed by atoms with Crippen LogP contribution in [0.3, 0.4) is 0 Å². The maximum atomic E-state index is 13.4. The zero-order chi connectivity index (χ0) is 18.5. The minimum atomic E-state index is -5.11. The maximum Gasteiger partial charge on any atom is 0.421 e. The average Bonchev–Trinajstić information content (AvgIpc) is 2.53. The largest absolute Gasteiger partial charge is 0.497 e. The number of esters is 1. The van der Waals surface area contributed by atoms with E-state index >= 15 is 0 Å². The predicted octanol–water partition coefficient (Wildman–Crippen LogP) is 2.60. The van der Waals surface area contributed by atoms with Crippen molar-refractivity contribution in [3.63, 3.8) is 0 Å². The standard InChI is InChI=1S/C16H19F3O5/c1-4-24-14(21)10(2)13(20)9-15(22,16(17,18)19)11-5-7-12(23-3)8-6-11/h5-8,10,22H,4,9H2,1-3H3/t10-,15?/m0/s1. The molecule has 0 saturated carbocycles. The van der Waals surface area contributed by atoms with Gasteiger partial charge in [-0.2, -0.15) is 13.2 Å². The molecule has 0 aliphatic heterocycles. The van der Waals surface area contributed by atoms with Gasteiger partial charge in [0.15, 0.2) is 5.60 Å². The highest BCUT2D eigenvalue weighted by molar-refractivity contribution is 5.99. The number of alkyl halides is 3. The number of ketones is 1. The molecular weight excluding hydrogens is 329 g/mol. The number of carbonyl (C=O) groups excluding carboxylic acids is 2. The minimum Gasteiger partial charge on any atom is -0.497 e. The first-order valence-corrected chi connectivity index (χ1v) is 7.19. The summed E-state index contributed by atoms with van der Waals surface area (Å²) in [5.41, 5.74) is -3.92. The number of halogens is 3. The molecule has 0 amide bonds. The van der Waals surface area contributed by atoms with Gasteiger partial charge >= 0.3 is 12.1 Å². The van der Waals surface area contributed by atoms with Gasteiger partial charge in [0, 0.05) is 6.42 Å². The molecule has 2 atom stereocenters. The molecule has 0 aromatic heterocycles. The summed E-state index contributed by atoms with van der Waals surface area (Å²) in [6.07, 6.45) is -6.39. The first kappa shape index (κ1) is 20.0. The fourth-order valence-electron chi connectivity index (χ4n) is 2.04. The van der Waals surface area contributed by atoms with Gasteiger partial charge in [-0.1, -0.05) is 12.1 Å². The Morgan fingerprint density at radius 1 is 1.21 bits per heavy atom. The van der Waals surface area contributed by atoms with Gasteiger partial charge in [-0.15, -0.1) is 0 Å². The molecule has 1 unspecified atom stereocenters. The van der Waals surface area contributed by atoms with Crippen molar-refractivity contribution in [3.8, 4) is 5.75 Å². The normalized spacial score (nSPS) is 15.3. The van der Waals surface area contributed by atoms with Crippen LogP contribution in [0.5, 0.6) is 5.75 Å². The molecule has 1 aromatic carbocycles. The summed E-state index contributed by atoms with van der Waals surface area (Å²) in [6, 6.07) is 4.53. The third-order valence-electron chi connectivity index (χ3n) is 3.59. The Balaban J connectivity index is 3.12. The van der Waals surface area contributed by atoms with E-state index in [2.05, 4.69) is 4.74 Å². The van der Waals surface area contributed by atoms with E-state index in [9.17, 15) is 27.9 Å². The summed E-state index contributed by atoms with van der Waals surface area (Å²) >= 11 is 0. The lowest BCUT2D eigenvalue weighted by molar-refractivity contribution is -0.267. The van der Waals surface area contributed by atoms with Gasteiger partial charge in [-0.05, 0) is 31.5 Å². The van der Waals surface area contributed by atoms with Crippen LogP contribution in [0, 0.1) is 5.92 Å². The van der Waals surface area contributed by atoms with Gasteiger partial charge in [0.25, 0.3) is 0 Å². The molecule has 134 valence electrons. The van der Waals surface area contributed by atoms with Crippen molar-refractivity contribution < 1.29 is 37.3 Å². The van der Waals surface area contributed by atoms with Crippen molar-refractivity contribution in [2.75, 3.05) is 13.7 Å². The van der Waals surface area contributed by atoms with E-state index < -0.39 is 41.4 Å².